The van der Waals surface area contributed by atoms with Crippen LogP contribution in [-0.2, 0) is 16.1 Å². The lowest BCUT2D eigenvalue weighted by molar-refractivity contribution is -0.661. The van der Waals surface area contributed by atoms with Gasteiger partial charge in [-0.15, -0.1) is 11.8 Å². The molecule has 3 heterocycles. The van der Waals surface area contributed by atoms with Crippen molar-refractivity contribution in [1.29, 1.82) is 0 Å². The van der Waals surface area contributed by atoms with Crippen LogP contribution in [0.4, 0.5) is 0 Å². The molecule has 26 heavy (non-hydrogen) atoms. The van der Waals surface area contributed by atoms with Crippen LogP contribution in [0, 0.1) is 0 Å². The standard InChI is InChI=1S/C19H17N3O3S/c20-15-17(23)22-16(19(24)25)13(11-26-18(15)22)7-4-10-21-9-3-6-12-5-1-2-8-14(12)21/h1-9,15,18H,10-11,20H2/p+1/b7-4+/t15-,18-/m1/s1. The fourth-order valence-corrected chi connectivity index (χ4v) is 4.62. The highest BCUT2D eigenvalue weighted by molar-refractivity contribution is 8.00. The van der Waals surface area contributed by atoms with Crippen molar-refractivity contribution in [2.45, 2.75) is 18.0 Å². The molecule has 7 heteroatoms. The molecule has 1 aromatic heterocycles. The molecule has 0 bridgehead atoms. The molecular formula is C19H18N3O3S+. The van der Waals surface area contributed by atoms with Gasteiger partial charge in [-0.1, -0.05) is 18.2 Å². The van der Waals surface area contributed by atoms with Crippen LogP contribution in [0.2, 0.25) is 0 Å². The summed E-state index contributed by atoms with van der Waals surface area (Å²) >= 11 is 1.50. The molecule has 6 nitrogen and oxygen atoms in total. The average molecular weight is 368 g/mol. The zero-order valence-corrected chi connectivity index (χ0v) is 14.7. The van der Waals surface area contributed by atoms with E-state index in [-0.39, 0.29) is 17.0 Å². The number of para-hydroxylation sites is 1. The Labute approximate surface area is 154 Å². The van der Waals surface area contributed by atoms with Gasteiger partial charge in [0.1, 0.15) is 17.1 Å². The molecule has 0 spiro atoms. The lowest BCUT2D eigenvalue weighted by Gasteiger charge is -2.47. The van der Waals surface area contributed by atoms with E-state index in [2.05, 4.69) is 16.7 Å². The van der Waals surface area contributed by atoms with Gasteiger partial charge < -0.3 is 10.8 Å². The first-order valence-corrected chi connectivity index (χ1v) is 9.33. The zero-order chi connectivity index (χ0) is 18.3. The van der Waals surface area contributed by atoms with Gasteiger partial charge in [0.2, 0.25) is 11.4 Å². The fourth-order valence-electron chi connectivity index (χ4n) is 3.36. The number of aliphatic carboxylic acids is 1. The number of amides is 1. The summed E-state index contributed by atoms with van der Waals surface area (Å²) in [7, 11) is 0. The molecule has 0 aliphatic carbocycles. The van der Waals surface area contributed by atoms with E-state index in [0.717, 1.165) is 10.9 Å². The lowest BCUT2D eigenvalue weighted by atomic mass is 10.0. The van der Waals surface area contributed by atoms with Gasteiger partial charge in [0.25, 0.3) is 0 Å². The third-order valence-corrected chi connectivity index (χ3v) is 5.97. The quantitative estimate of drug-likeness (QED) is 0.627. The number of carboxylic acid groups (broad SMARTS) is 1. The van der Waals surface area contributed by atoms with E-state index in [1.165, 1.54) is 16.7 Å². The van der Waals surface area contributed by atoms with E-state index >= 15 is 0 Å². The van der Waals surface area contributed by atoms with Crippen LogP contribution in [0.15, 0.2) is 66.0 Å². The zero-order valence-electron chi connectivity index (χ0n) is 13.9. The van der Waals surface area contributed by atoms with Crippen molar-refractivity contribution in [3.63, 3.8) is 0 Å². The molecule has 2 aliphatic heterocycles. The van der Waals surface area contributed by atoms with Crippen LogP contribution < -0.4 is 10.3 Å². The highest BCUT2D eigenvalue weighted by Gasteiger charge is 2.51. The second-order valence-electron chi connectivity index (χ2n) is 6.24. The topological polar surface area (TPSA) is 87.5 Å². The Morgan fingerprint density at radius 2 is 2.12 bits per heavy atom. The van der Waals surface area contributed by atoms with Crippen LogP contribution in [0.3, 0.4) is 0 Å². The number of carbonyl (C=O) groups excluding carboxylic acids is 1. The molecule has 2 atom stereocenters. The SMILES string of the molecule is N[C@@H]1C(=O)N2C(C(=O)O)=C(/C=C/C[n+]3cccc4ccccc43)CS[C@H]12. The number of carboxylic acids is 1. The molecule has 1 fully saturated rings. The van der Waals surface area contributed by atoms with E-state index in [1.54, 1.807) is 6.08 Å². The van der Waals surface area contributed by atoms with Gasteiger partial charge in [0.15, 0.2) is 12.7 Å². The number of nitrogens with zero attached hydrogens (tertiary/aromatic N) is 2. The number of aromatic nitrogens is 1. The van der Waals surface area contributed by atoms with E-state index in [0.29, 0.717) is 17.9 Å². The minimum atomic E-state index is -1.09. The lowest BCUT2D eigenvalue weighted by Crippen LogP contribution is -2.68. The molecule has 0 unspecified atom stereocenters. The highest BCUT2D eigenvalue weighted by Crippen LogP contribution is 2.39. The maximum atomic E-state index is 12.0. The van der Waals surface area contributed by atoms with Gasteiger partial charge in [0.05, 0.1) is 0 Å². The molecule has 3 N–H and O–H groups in total. The summed E-state index contributed by atoms with van der Waals surface area (Å²) in [4.78, 5) is 24.9. The number of carbonyl (C=O) groups is 2. The van der Waals surface area contributed by atoms with Crippen molar-refractivity contribution in [3.05, 3.63) is 66.0 Å². The number of thioether (sulfide) groups is 1. The van der Waals surface area contributed by atoms with Crippen molar-refractivity contribution >= 4 is 34.5 Å². The number of fused-ring (bicyclic) bond motifs is 2. The number of benzene rings is 1. The Morgan fingerprint density at radius 1 is 1.35 bits per heavy atom. The fraction of sp³-hybridized carbons (Fsp3) is 0.211. The third kappa shape index (κ3) is 2.69. The molecule has 0 radical (unpaired) electrons. The van der Waals surface area contributed by atoms with E-state index < -0.39 is 12.0 Å². The smallest absolute Gasteiger partial charge is 0.352 e. The Hall–Kier alpha value is -2.64. The second-order valence-corrected chi connectivity index (χ2v) is 7.34. The second kappa shape index (κ2) is 6.59. The maximum absolute atomic E-state index is 12.0. The first-order chi connectivity index (χ1) is 12.6. The van der Waals surface area contributed by atoms with E-state index in [4.69, 9.17) is 5.73 Å². The van der Waals surface area contributed by atoms with Gasteiger partial charge >= 0.3 is 5.97 Å². The molecule has 2 aliphatic rings. The normalized spacial score (nSPS) is 22.7. The minimum absolute atomic E-state index is 0.0552. The summed E-state index contributed by atoms with van der Waals surface area (Å²) in [5.41, 5.74) is 7.56. The first-order valence-electron chi connectivity index (χ1n) is 8.28. The Kier molecular flexibility index (Phi) is 4.26. The van der Waals surface area contributed by atoms with Crippen molar-refractivity contribution < 1.29 is 19.3 Å². The average Bonchev–Trinajstić information content (AvgIpc) is 2.66. The summed E-state index contributed by atoms with van der Waals surface area (Å²) in [5, 5.41) is 10.4. The highest BCUT2D eigenvalue weighted by atomic mass is 32.2. The molecule has 1 saturated heterocycles. The molecular weight excluding hydrogens is 350 g/mol. The molecule has 132 valence electrons. The third-order valence-electron chi connectivity index (χ3n) is 4.65. The number of allylic oxidation sites excluding steroid dienone is 2. The predicted octanol–water partition coefficient (Wildman–Crippen LogP) is 1.26. The van der Waals surface area contributed by atoms with Crippen molar-refractivity contribution in [1.82, 2.24) is 4.90 Å². The molecule has 1 amide bonds. The Balaban J connectivity index is 1.61. The molecule has 4 rings (SSSR count). The van der Waals surface area contributed by atoms with E-state index in [1.807, 2.05) is 36.5 Å². The summed E-state index contributed by atoms with van der Waals surface area (Å²) in [6.45, 7) is 0.610. The predicted molar refractivity (Wildman–Crippen MR) is 99.0 cm³/mol. The van der Waals surface area contributed by atoms with Gasteiger partial charge in [-0.25, -0.2) is 4.79 Å². The Bertz CT molecular complexity index is 964. The van der Waals surface area contributed by atoms with Gasteiger partial charge in [-0.3, -0.25) is 9.69 Å². The Morgan fingerprint density at radius 3 is 2.92 bits per heavy atom. The van der Waals surface area contributed by atoms with Crippen LogP contribution in [0.25, 0.3) is 10.9 Å². The monoisotopic (exact) mass is 368 g/mol. The summed E-state index contributed by atoms with van der Waals surface area (Å²) in [6.07, 6.45) is 5.72. The van der Waals surface area contributed by atoms with Crippen molar-refractivity contribution in [2.24, 2.45) is 5.73 Å². The summed E-state index contributed by atoms with van der Waals surface area (Å²) in [5.74, 6) is -0.887. The molecule has 2 aromatic rings. The van der Waals surface area contributed by atoms with Gasteiger partial charge in [0, 0.05) is 23.3 Å². The number of pyridine rings is 1. The van der Waals surface area contributed by atoms with Crippen molar-refractivity contribution in [3.8, 4) is 0 Å². The number of β-lactam (4-membered cyclic amide) rings is 1. The maximum Gasteiger partial charge on any atom is 0.352 e. The number of rotatable bonds is 4. The van der Waals surface area contributed by atoms with Gasteiger partial charge in [-0.2, -0.15) is 4.57 Å². The number of hydrogen-bond donors (Lipinski definition) is 2. The largest absolute Gasteiger partial charge is 0.477 e. The first kappa shape index (κ1) is 16.8. The number of nitrogens with two attached hydrogens (primary N) is 1. The summed E-state index contributed by atoms with van der Waals surface area (Å²) < 4.78 is 2.09. The molecule has 1 aromatic carbocycles. The molecule has 0 saturated carbocycles. The van der Waals surface area contributed by atoms with Crippen LogP contribution in [0.1, 0.15) is 0 Å². The van der Waals surface area contributed by atoms with Crippen LogP contribution in [0.5, 0.6) is 0 Å². The van der Waals surface area contributed by atoms with Crippen LogP contribution in [-0.4, -0.2) is 39.1 Å². The minimum Gasteiger partial charge on any atom is -0.477 e. The van der Waals surface area contributed by atoms with Gasteiger partial charge in [-0.05, 0) is 23.8 Å². The van der Waals surface area contributed by atoms with Crippen molar-refractivity contribution in [2.75, 3.05) is 5.75 Å². The summed E-state index contributed by atoms with van der Waals surface area (Å²) in [6, 6.07) is 11.5. The van der Waals surface area contributed by atoms with Crippen LogP contribution >= 0.6 is 11.8 Å². The van der Waals surface area contributed by atoms with E-state index in [9.17, 15) is 14.7 Å². The number of hydrogen-bond acceptors (Lipinski definition) is 4.